The van der Waals surface area contributed by atoms with Crippen LogP contribution in [0.4, 0.5) is 5.82 Å². The number of nitrogens with zero attached hydrogens (tertiary/aromatic N) is 2. The molecular formula is C24H41N3O6. The van der Waals surface area contributed by atoms with Crippen molar-refractivity contribution in [3.8, 4) is 0 Å². The summed E-state index contributed by atoms with van der Waals surface area (Å²) in [7, 11) is 0. The summed E-state index contributed by atoms with van der Waals surface area (Å²) < 4.78 is 11.8. The van der Waals surface area contributed by atoms with Crippen molar-refractivity contribution in [2.75, 3.05) is 12.3 Å². The van der Waals surface area contributed by atoms with Gasteiger partial charge in [0.15, 0.2) is 6.23 Å². The van der Waals surface area contributed by atoms with Gasteiger partial charge in [0, 0.05) is 12.6 Å². The maximum absolute atomic E-state index is 12.0. The summed E-state index contributed by atoms with van der Waals surface area (Å²) >= 11 is 0. The third-order valence-electron chi connectivity index (χ3n) is 6.11. The molecular weight excluding hydrogens is 426 g/mol. The molecule has 9 heteroatoms. The second-order valence-electron chi connectivity index (χ2n) is 8.91. The van der Waals surface area contributed by atoms with Gasteiger partial charge in [0.05, 0.1) is 0 Å². The number of carbonyl (C=O) groups excluding carboxylic acids is 1. The second-order valence-corrected chi connectivity index (χ2v) is 8.91. The molecule has 33 heavy (non-hydrogen) atoms. The summed E-state index contributed by atoms with van der Waals surface area (Å²) in [5.74, 6) is -0.310. The van der Waals surface area contributed by atoms with Gasteiger partial charge in [-0.25, -0.2) is 4.79 Å². The molecule has 1 aromatic heterocycles. The van der Waals surface area contributed by atoms with Gasteiger partial charge in [-0.05, 0) is 12.5 Å². The molecule has 0 saturated carbocycles. The number of nitrogens with two attached hydrogens (primary N) is 1. The van der Waals surface area contributed by atoms with Crippen LogP contribution in [-0.4, -0.2) is 50.7 Å². The van der Waals surface area contributed by atoms with E-state index in [1.165, 1.54) is 70.1 Å². The second kappa shape index (κ2) is 15.0. The van der Waals surface area contributed by atoms with Crippen molar-refractivity contribution in [3.05, 3.63) is 22.7 Å². The third-order valence-corrected chi connectivity index (χ3v) is 6.11. The molecule has 1 saturated heterocycles. The number of esters is 1. The minimum Gasteiger partial charge on any atom is -0.463 e. The average Bonchev–Trinajstić information content (AvgIpc) is 3.07. The minimum atomic E-state index is -1.35. The number of carbonyl (C=O) groups is 1. The average molecular weight is 468 g/mol. The van der Waals surface area contributed by atoms with Crippen LogP contribution in [-0.2, 0) is 14.3 Å². The van der Waals surface area contributed by atoms with Gasteiger partial charge in [-0.2, -0.15) is 4.98 Å². The van der Waals surface area contributed by atoms with Crippen molar-refractivity contribution in [3.63, 3.8) is 0 Å². The zero-order valence-electron chi connectivity index (χ0n) is 19.9. The van der Waals surface area contributed by atoms with Crippen molar-refractivity contribution in [1.82, 2.24) is 9.55 Å². The van der Waals surface area contributed by atoms with Crippen molar-refractivity contribution in [2.24, 2.45) is 0 Å². The van der Waals surface area contributed by atoms with Crippen LogP contribution in [0.15, 0.2) is 17.1 Å². The molecule has 1 fully saturated rings. The van der Waals surface area contributed by atoms with Gasteiger partial charge in [0.25, 0.3) is 0 Å². The third kappa shape index (κ3) is 9.43. The zero-order valence-corrected chi connectivity index (χ0v) is 19.9. The van der Waals surface area contributed by atoms with E-state index in [1.54, 1.807) is 0 Å². The van der Waals surface area contributed by atoms with E-state index in [1.807, 2.05) is 0 Å². The normalized spacial score (nSPS) is 22.5. The molecule has 1 aliphatic rings. The Morgan fingerprint density at radius 3 is 2.18 bits per heavy atom. The van der Waals surface area contributed by atoms with Crippen molar-refractivity contribution in [2.45, 2.75) is 115 Å². The first-order valence-electron chi connectivity index (χ1n) is 12.5. The molecule has 0 aromatic carbocycles. The number of unbranched alkanes of at least 4 members (excludes halogenated alkanes) is 11. The van der Waals surface area contributed by atoms with E-state index >= 15 is 0 Å². The summed E-state index contributed by atoms with van der Waals surface area (Å²) in [5, 5.41) is 20.4. The molecule has 1 aromatic rings. The summed E-state index contributed by atoms with van der Waals surface area (Å²) in [6.45, 7) is 2.05. The van der Waals surface area contributed by atoms with Crippen LogP contribution in [0.2, 0.25) is 0 Å². The Kier molecular flexibility index (Phi) is 12.4. The molecule has 4 N–H and O–H groups in total. The lowest BCUT2D eigenvalue weighted by molar-refractivity contribution is -0.150. The Bertz CT molecular complexity index is 756. The Labute approximate surface area is 196 Å². The number of hydrogen-bond donors (Lipinski definition) is 3. The fraction of sp³-hybridized carbons (Fsp3) is 0.792. The van der Waals surface area contributed by atoms with Crippen LogP contribution in [0, 0.1) is 0 Å². The topological polar surface area (TPSA) is 137 Å². The highest BCUT2D eigenvalue weighted by Crippen LogP contribution is 2.28. The molecule has 0 radical (unpaired) electrons. The lowest BCUT2D eigenvalue weighted by atomic mass is 10.0. The number of ether oxygens (including phenoxy) is 2. The van der Waals surface area contributed by atoms with Crippen LogP contribution in [0.3, 0.4) is 0 Å². The highest BCUT2D eigenvalue weighted by molar-refractivity contribution is 5.69. The van der Waals surface area contributed by atoms with Crippen molar-refractivity contribution >= 4 is 11.8 Å². The molecule has 2 heterocycles. The van der Waals surface area contributed by atoms with Crippen molar-refractivity contribution < 1.29 is 24.5 Å². The number of rotatable bonds is 16. The quantitative estimate of drug-likeness (QED) is 0.249. The predicted molar refractivity (Wildman–Crippen MR) is 125 cm³/mol. The zero-order chi connectivity index (χ0) is 24.1. The van der Waals surface area contributed by atoms with Gasteiger partial charge in [-0.3, -0.25) is 9.36 Å². The van der Waals surface area contributed by atoms with Crippen LogP contribution in [0.1, 0.15) is 96.6 Å². The molecule has 0 bridgehead atoms. The van der Waals surface area contributed by atoms with Crippen LogP contribution in [0.5, 0.6) is 0 Å². The van der Waals surface area contributed by atoms with Crippen LogP contribution >= 0.6 is 0 Å². The predicted octanol–water partition coefficient (Wildman–Crippen LogP) is 3.08. The van der Waals surface area contributed by atoms with Gasteiger partial charge in [-0.1, -0.05) is 77.6 Å². The highest BCUT2D eigenvalue weighted by Gasteiger charge is 2.44. The smallest absolute Gasteiger partial charge is 0.351 e. The molecule has 4 atom stereocenters. The summed E-state index contributed by atoms with van der Waals surface area (Å²) in [4.78, 5) is 27.6. The number of aliphatic hydroxyl groups excluding tert-OH is 2. The number of nitrogen functional groups attached to an aromatic ring is 1. The number of aromatic nitrogens is 2. The molecule has 0 spiro atoms. The van der Waals surface area contributed by atoms with E-state index in [2.05, 4.69) is 11.9 Å². The van der Waals surface area contributed by atoms with Gasteiger partial charge in [-0.15, -0.1) is 0 Å². The van der Waals surface area contributed by atoms with E-state index in [-0.39, 0.29) is 18.4 Å². The minimum absolute atomic E-state index is 0.0487. The number of anilines is 1. The first-order chi connectivity index (χ1) is 15.9. The Balaban J connectivity index is 1.55. The monoisotopic (exact) mass is 467 g/mol. The van der Waals surface area contributed by atoms with Gasteiger partial charge in [0.2, 0.25) is 0 Å². The van der Waals surface area contributed by atoms with Crippen molar-refractivity contribution in [1.29, 1.82) is 0 Å². The van der Waals surface area contributed by atoms with E-state index in [0.717, 1.165) is 23.8 Å². The molecule has 0 aliphatic carbocycles. The lowest BCUT2D eigenvalue weighted by Crippen LogP contribution is -2.36. The first-order valence-corrected chi connectivity index (χ1v) is 12.5. The Morgan fingerprint density at radius 1 is 1.03 bits per heavy atom. The lowest BCUT2D eigenvalue weighted by Gasteiger charge is -2.16. The van der Waals surface area contributed by atoms with E-state index in [4.69, 9.17) is 15.2 Å². The molecule has 0 amide bonds. The largest absolute Gasteiger partial charge is 0.463 e. The van der Waals surface area contributed by atoms with E-state index in [9.17, 15) is 19.8 Å². The van der Waals surface area contributed by atoms with E-state index in [0.29, 0.717) is 6.42 Å². The van der Waals surface area contributed by atoms with Gasteiger partial charge < -0.3 is 25.4 Å². The fourth-order valence-electron chi connectivity index (χ4n) is 4.07. The number of hydrogen-bond acceptors (Lipinski definition) is 8. The van der Waals surface area contributed by atoms with E-state index < -0.39 is 30.2 Å². The molecule has 188 valence electrons. The number of aliphatic hydroxyl groups is 2. The Hall–Kier alpha value is -1.97. The maximum atomic E-state index is 12.0. The maximum Gasteiger partial charge on any atom is 0.351 e. The van der Waals surface area contributed by atoms with Crippen LogP contribution in [0.25, 0.3) is 0 Å². The molecule has 0 unspecified atom stereocenters. The summed E-state index contributed by atoms with van der Waals surface area (Å²) in [6.07, 6.45) is 11.6. The summed E-state index contributed by atoms with van der Waals surface area (Å²) in [5.41, 5.74) is 4.77. The SMILES string of the molecule is CCCCCCCCCCCCCCC(=O)OC[C@H]1O[C@@H](n2ccc(N)nc2=O)[C@H](O)[C@@H]1O. The van der Waals surface area contributed by atoms with Crippen LogP contribution < -0.4 is 11.4 Å². The fourth-order valence-corrected chi connectivity index (χ4v) is 4.07. The molecule has 1 aliphatic heterocycles. The highest BCUT2D eigenvalue weighted by atomic mass is 16.6. The Morgan fingerprint density at radius 2 is 1.61 bits per heavy atom. The first kappa shape index (κ1) is 27.3. The standard InChI is InChI=1S/C24H41N3O6/c1-2-3-4-5-6-7-8-9-10-11-12-13-14-20(28)32-17-18-21(29)22(30)23(33-18)27-16-15-19(25)26-24(27)31/h15-16,18,21-23,29-30H,2-14,17H2,1H3,(H2,25,26,31)/t18-,21-,22-,23-/m1/s1. The van der Waals surface area contributed by atoms with Gasteiger partial charge >= 0.3 is 11.7 Å². The molecule has 9 nitrogen and oxygen atoms in total. The summed E-state index contributed by atoms with van der Waals surface area (Å²) in [6, 6.07) is 1.39. The molecule has 2 rings (SSSR count). The van der Waals surface area contributed by atoms with Gasteiger partial charge in [0.1, 0.15) is 30.7 Å².